The van der Waals surface area contributed by atoms with Crippen LogP contribution >= 0.6 is 0 Å². The average molecular weight is 178 g/mol. The minimum atomic E-state index is 0.422. The standard InChI is InChI=1S/C12H18O/c1-2-9-7-10-5-3-4-6-11(10)8-12(9)13/h2,10-11H,3-8H2,1H3/b9-2+. The van der Waals surface area contributed by atoms with E-state index in [1.165, 1.54) is 25.7 Å². The fraction of sp³-hybridized carbons (Fsp3) is 0.750. The molecule has 1 nitrogen and oxygen atoms in total. The molecule has 0 N–H and O–H groups in total. The molecule has 1 heteroatoms. The Labute approximate surface area is 80.2 Å². The van der Waals surface area contributed by atoms with Gasteiger partial charge in [0.2, 0.25) is 0 Å². The Balaban J connectivity index is 2.09. The fourth-order valence-electron chi connectivity index (χ4n) is 2.87. The van der Waals surface area contributed by atoms with Crippen LogP contribution in [0.15, 0.2) is 11.6 Å². The van der Waals surface area contributed by atoms with E-state index in [2.05, 4.69) is 0 Å². The van der Waals surface area contributed by atoms with Crippen LogP contribution in [0.3, 0.4) is 0 Å². The number of hydrogen-bond acceptors (Lipinski definition) is 1. The van der Waals surface area contributed by atoms with Crippen LogP contribution in [0.1, 0.15) is 45.4 Å². The van der Waals surface area contributed by atoms with E-state index in [1.54, 1.807) is 0 Å². The Morgan fingerprint density at radius 3 is 2.38 bits per heavy atom. The Bertz CT molecular complexity index is 240. The number of hydrogen-bond donors (Lipinski definition) is 0. The maximum Gasteiger partial charge on any atom is 0.158 e. The van der Waals surface area contributed by atoms with Gasteiger partial charge in [-0.15, -0.1) is 0 Å². The molecule has 0 saturated heterocycles. The van der Waals surface area contributed by atoms with Gasteiger partial charge in [-0.3, -0.25) is 4.79 Å². The smallest absolute Gasteiger partial charge is 0.158 e. The summed E-state index contributed by atoms with van der Waals surface area (Å²) in [4.78, 5) is 11.6. The van der Waals surface area contributed by atoms with Crippen molar-refractivity contribution >= 4 is 5.78 Å². The van der Waals surface area contributed by atoms with E-state index >= 15 is 0 Å². The van der Waals surface area contributed by atoms with Gasteiger partial charge in [0.25, 0.3) is 0 Å². The molecule has 2 rings (SSSR count). The lowest BCUT2D eigenvalue weighted by molar-refractivity contribution is -0.118. The highest BCUT2D eigenvalue weighted by Gasteiger charge is 2.33. The predicted molar refractivity (Wildman–Crippen MR) is 53.4 cm³/mol. The first-order chi connectivity index (χ1) is 6.31. The fourth-order valence-corrected chi connectivity index (χ4v) is 2.87. The molecule has 72 valence electrons. The van der Waals surface area contributed by atoms with Crippen LogP contribution in [-0.4, -0.2) is 5.78 Å². The van der Waals surface area contributed by atoms with Gasteiger partial charge in [-0.25, -0.2) is 0 Å². The summed E-state index contributed by atoms with van der Waals surface area (Å²) in [5.74, 6) is 1.98. The SMILES string of the molecule is C/C=C1\CC2CCCCC2CC1=O. The first-order valence-corrected chi connectivity index (χ1v) is 5.49. The van der Waals surface area contributed by atoms with Gasteiger partial charge in [0.05, 0.1) is 0 Å². The van der Waals surface area contributed by atoms with E-state index in [4.69, 9.17) is 0 Å². The first kappa shape index (κ1) is 8.98. The molecule has 13 heavy (non-hydrogen) atoms. The van der Waals surface area contributed by atoms with Crippen LogP contribution in [0.2, 0.25) is 0 Å². The zero-order valence-electron chi connectivity index (χ0n) is 8.38. The molecule has 2 aliphatic carbocycles. The summed E-state index contributed by atoms with van der Waals surface area (Å²) in [6, 6.07) is 0. The van der Waals surface area contributed by atoms with Gasteiger partial charge >= 0.3 is 0 Å². The third-order valence-corrected chi connectivity index (χ3v) is 3.70. The van der Waals surface area contributed by atoms with Gasteiger partial charge in [-0.2, -0.15) is 0 Å². The van der Waals surface area contributed by atoms with Crippen molar-refractivity contribution in [2.24, 2.45) is 11.8 Å². The summed E-state index contributed by atoms with van der Waals surface area (Å²) in [5.41, 5.74) is 1.10. The van der Waals surface area contributed by atoms with Crippen molar-refractivity contribution in [3.8, 4) is 0 Å². The highest BCUT2D eigenvalue weighted by atomic mass is 16.1. The Hall–Kier alpha value is -0.590. The summed E-state index contributed by atoms with van der Waals surface area (Å²) in [7, 11) is 0. The molecule has 2 aliphatic rings. The number of carbonyl (C=O) groups excluding carboxylic acids is 1. The van der Waals surface area contributed by atoms with Gasteiger partial charge in [0.1, 0.15) is 0 Å². The molecule has 0 aromatic heterocycles. The second-order valence-electron chi connectivity index (χ2n) is 4.45. The predicted octanol–water partition coefficient (Wildman–Crippen LogP) is 3.10. The topological polar surface area (TPSA) is 17.1 Å². The van der Waals surface area contributed by atoms with Crippen LogP contribution in [-0.2, 0) is 4.79 Å². The van der Waals surface area contributed by atoms with Crippen LogP contribution in [0, 0.1) is 11.8 Å². The molecule has 0 aromatic carbocycles. The van der Waals surface area contributed by atoms with E-state index in [0.29, 0.717) is 5.78 Å². The Kier molecular flexibility index (Phi) is 2.52. The highest BCUT2D eigenvalue weighted by molar-refractivity contribution is 5.96. The van der Waals surface area contributed by atoms with Crippen molar-refractivity contribution in [2.45, 2.75) is 45.4 Å². The van der Waals surface area contributed by atoms with Crippen LogP contribution in [0.25, 0.3) is 0 Å². The number of rotatable bonds is 0. The highest BCUT2D eigenvalue weighted by Crippen LogP contribution is 2.40. The number of carbonyl (C=O) groups is 1. The number of allylic oxidation sites excluding steroid dienone is 2. The lowest BCUT2D eigenvalue weighted by Gasteiger charge is -2.35. The van der Waals surface area contributed by atoms with Gasteiger partial charge in [-0.05, 0) is 43.6 Å². The third-order valence-electron chi connectivity index (χ3n) is 3.70. The lowest BCUT2D eigenvalue weighted by atomic mass is 9.69. The minimum Gasteiger partial charge on any atom is -0.295 e. The van der Waals surface area contributed by atoms with Gasteiger partial charge < -0.3 is 0 Å². The molecular formula is C12H18O. The molecule has 0 aromatic rings. The summed E-state index contributed by atoms with van der Waals surface area (Å²) in [6.07, 6.45) is 9.31. The zero-order valence-corrected chi connectivity index (χ0v) is 8.38. The van der Waals surface area contributed by atoms with Gasteiger partial charge in [-0.1, -0.05) is 18.9 Å². The van der Waals surface area contributed by atoms with Crippen molar-refractivity contribution in [2.75, 3.05) is 0 Å². The first-order valence-electron chi connectivity index (χ1n) is 5.49. The van der Waals surface area contributed by atoms with Crippen molar-refractivity contribution in [3.05, 3.63) is 11.6 Å². The van der Waals surface area contributed by atoms with Crippen molar-refractivity contribution in [1.29, 1.82) is 0 Å². The maximum absolute atomic E-state index is 11.6. The third kappa shape index (κ3) is 1.70. The second-order valence-corrected chi connectivity index (χ2v) is 4.45. The van der Waals surface area contributed by atoms with Gasteiger partial charge in [0.15, 0.2) is 5.78 Å². The molecule has 2 atom stereocenters. The Morgan fingerprint density at radius 2 is 1.77 bits per heavy atom. The lowest BCUT2D eigenvalue weighted by Crippen LogP contribution is -2.29. The normalized spacial score (nSPS) is 37.6. The summed E-state index contributed by atoms with van der Waals surface area (Å²) in [5, 5.41) is 0. The Morgan fingerprint density at radius 1 is 1.15 bits per heavy atom. The van der Waals surface area contributed by atoms with Crippen LogP contribution < -0.4 is 0 Å². The molecule has 0 bridgehead atoms. The summed E-state index contributed by atoms with van der Waals surface area (Å²) >= 11 is 0. The number of ketones is 1. The van der Waals surface area contributed by atoms with Crippen LogP contribution in [0.4, 0.5) is 0 Å². The monoisotopic (exact) mass is 178 g/mol. The summed E-state index contributed by atoms with van der Waals surface area (Å²) in [6.45, 7) is 2.00. The molecule has 0 aliphatic heterocycles. The molecule has 2 unspecified atom stereocenters. The van der Waals surface area contributed by atoms with E-state index in [-0.39, 0.29) is 0 Å². The average Bonchev–Trinajstić information content (AvgIpc) is 2.17. The van der Waals surface area contributed by atoms with Crippen molar-refractivity contribution in [3.63, 3.8) is 0 Å². The molecule has 0 radical (unpaired) electrons. The minimum absolute atomic E-state index is 0.422. The number of Topliss-reactive ketones (excluding diaryl/α,β-unsaturated/α-hetero) is 1. The largest absolute Gasteiger partial charge is 0.295 e. The summed E-state index contributed by atoms with van der Waals surface area (Å²) < 4.78 is 0. The molecule has 0 spiro atoms. The molecule has 0 heterocycles. The molecular weight excluding hydrogens is 160 g/mol. The van der Waals surface area contributed by atoms with E-state index in [0.717, 1.165) is 30.3 Å². The number of fused-ring (bicyclic) bond motifs is 1. The second kappa shape index (κ2) is 3.65. The van der Waals surface area contributed by atoms with E-state index in [1.807, 2.05) is 13.0 Å². The van der Waals surface area contributed by atoms with Crippen molar-refractivity contribution in [1.82, 2.24) is 0 Å². The molecule has 0 amide bonds. The zero-order chi connectivity index (χ0) is 9.26. The van der Waals surface area contributed by atoms with E-state index < -0.39 is 0 Å². The van der Waals surface area contributed by atoms with Crippen LogP contribution in [0.5, 0.6) is 0 Å². The quantitative estimate of drug-likeness (QED) is 0.521. The maximum atomic E-state index is 11.6. The molecule has 2 fully saturated rings. The molecule has 2 saturated carbocycles. The van der Waals surface area contributed by atoms with Gasteiger partial charge in [0, 0.05) is 6.42 Å². The van der Waals surface area contributed by atoms with E-state index in [9.17, 15) is 4.79 Å². The van der Waals surface area contributed by atoms with Crippen molar-refractivity contribution < 1.29 is 4.79 Å².